The topological polar surface area (TPSA) is 44.4 Å². The molecule has 1 saturated heterocycles. The number of aryl methyl sites for hydroxylation is 1. The Balaban J connectivity index is 1.95. The minimum absolute atomic E-state index is 0.0409. The average molecular weight is 261 g/mol. The van der Waals surface area contributed by atoms with Gasteiger partial charge in [-0.2, -0.15) is 0 Å². The smallest absolute Gasteiger partial charge is 0.317 e. The molecule has 1 aliphatic heterocycles. The standard InChI is InChI=1S/C15H23N3O/c1-11-4-5-14(13(3)12(11)2)10-17-15(19)18-8-6-16-7-9-18/h4-5,16H,6-10H2,1-3H3,(H,17,19). The number of hydrogen-bond acceptors (Lipinski definition) is 2. The molecule has 104 valence electrons. The Hall–Kier alpha value is -1.55. The largest absolute Gasteiger partial charge is 0.334 e. The van der Waals surface area contributed by atoms with E-state index in [2.05, 4.69) is 43.5 Å². The van der Waals surface area contributed by atoms with Gasteiger partial charge in [0, 0.05) is 32.7 Å². The Bertz CT molecular complexity index is 465. The van der Waals surface area contributed by atoms with Gasteiger partial charge < -0.3 is 15.5 Å². The predicted octanol–water partition coefficient (Wildman–Crippen LogP) is 1.73. The molecular formula is C15H23N3O. The molecule has 0 bridgehead atoms. The Labute approximate surface area is 115 Å². The molecule has 0 unspecified atom stereocenters. The molecule has 0 aromatic heterocycles. The fraction of sp³-hybridized carbons (Fsp3) is 0.533. The molecule has 19 heavy (non-hydrogen) atoms. The van der Waals surface area contributed by atoms with Gasteiger partial charge in [0.2, 0.25) is 0 Å². The maximum Gasteiger partial charge on any atom is 0.317 e. The van der Waals surface area contributed by atoms with E-state index >= 15 is 0 Å². The van der Waals surface area contributed by atoms with Crippen LogP contribution in [-0.2, 0) is 6.54 Å². The van der Waals surface area contributed by atoms with Crippen LogP contribution in [0.3, 0.4) is 0 Å². The van der Waals surface area contributed by atoms with Crippen LogP contribution in [0, 0.1) is 20.8 Å². The summed E-state index contributed by atoms with van der Waals surface area (Å²) in [5.74, 6) is 0. The zero-order valence-electron chi connectivity index (χ0n) is 12.0. The van der Waals surface area contributed by atoms with Crippen molar-refractivity contribution in [2.75, 3.05) is 26.2 Å². The minimum atomic E-state index is 0.0409. The van der Waals surface area contributed by atoms with Crippen LogP contribution in [0.2, 0.25) is 0 Å². The van der Waals surface area contributed by atoms with E-state index < -0.39 is 0 Å². The first-order valence-electron chi connectivity index (χ1n) is 6.89. The molecule has 0 aliphatic carbocycles. The number of carbonyl (C=O) groups is 1. The van der Waals surface area contributed by atoms with E-state index in [1.807, 2.05) is 4.90 Å². The monoisotopic (exact) mass is 261 g/mol. The van der Waals surface area contributed by atoms with Crippen LogP contribution < -0.4 is 10.6 Å². The third-order valence-corrected chi connectivity index (χ3v) is 4.00. The number of carbonyl (C=O) groups excluding carboxylic acids is 1. The van der Waals surface area contributed by atoms with Crippen molar-refractivity contribution in [2.24, 2.45) is 0 Å². The normalized spacial score (nSPS) is 15.4. The van der Waals surface area contributed by atoms with Gasteiger partial charge in [0.05, 0.1) is 0 Å². The van der Waals surface area contributed by atoms with E-state index in [1.54, 1.807) is 0 Å². The summed E-state index contributed by atoms with van der Waals surface area (Å²) in [6.45, 7) is 10.3. The predicted molar refractivity (Wildman–Crippen MR) is 77.3 cm³/mol. The van der Waals surface area contributed by atoms with Crippen LogP contribution >= 0.6 is 0 Å². The molecule has 1 heterocycles. The number of benzene rings is 1. The van der Waals surface area contributed by atoms with Gasteiger partial charge in [0.15, 0.2) is 0 Å². The molecular weight excluding hydrogens is 238 g/mol. The second kappa shape index (κ2) is 6.06. The quantitative estimate of drug-likeness (QED) is 0.851. The summed E-state index contributed by atoms with van der Waals surface area (Å²) in [4.78, 5) is 13.9. The van der Waals surface area contributed by atoms with Crippen molar-refractivity contribution in [1.82, 2.24) is 15.5 Å². The van der Waals surface area contributed by atoms with Crippen LogP contribution in [0.4, 0.5) is 4.79 Å². The summed E-state index contributed by atoms with van der Waals surface area (Å²) >= 11 is 0. The van der Waals surface area contributed by atoms with Gasteiger partial charge in [-0.05, 0) is 43.0 Å². The highest BCUT2D eigenvalue weighted by molar-refractivity contribution is 5.74. The zero-order valence-corrected chi connectivity index (χ0v) is 12.0. The van der Waals surface area contributed by atoms with Crippen molar-refractivity contribution in [3.05, 3.63) is 34.4 Å². The number of nitrogens with one attached hydrogen (secondary N) is 2. The number of hydrogen-bond donors (Lipinski definition) is 2. The van der Waals surface area contributed by atoms with E-state index in [0.29, 0.717) is 6.54 Å². The summed E-state index contributed by atoms with van der Waals surface area (Å²) in [5.41, 5.74) is 5.09. The average Bonchev–Trinajstić information content (AvgIpc) is 2.45. The SMILES string of the molecule is Cc1ccc(CNC(=O)N2CCNCC2)c(C)c1C. The highest BCUT2D eigenvalue weighted by Crippen LogP contribution is 2.16. The summed E-state index contributed by atoms with van der Waals surface area (Å²) in [6.07, 6.45) is 0. The molecule has 1 fully saturated rings. The van der Waals surface area contributed by atoms with Crippen molar-refractivity contribution >= 4 is 6.03 Å². The third kappa shape index (κ3) is 3.26. The Morgan fingerprint density at radius 2 is 1.89 bits per heavy atom. The first kappa shape index (κ1) is 13.9. The summed E-state index contributed by atoms with van der Waals surface area (Å²) in [5, 5.41) is 6.26. The molecule has 1 aromatic rings. The second-order valence-corrected chi connectivity index (χ2v) is 5.19. The highest BCUT2D eigenvalue weighted by Gasteiger charge is 2.15. The first-order chi connectivity index (χ1) is 9.09. The fourth-order valence-electron chi connectivity index (χ4n) is 2.35. The van der Waals surface area contributed by atoms with Gasteiger partial charge >= 0.3 is 6.03 Å². The molecule has 1 aliphatic rings. The zero-order chi connectivity index (χ0) is 13.8. The Kier molecular flexibility index (Phi) is 4.43. The molecule has 0 spiro atoms. The summed E-state index contributed by atoms with van der Waals surface area (Å²) < 4.78 is 0. The number of rotatable bonds is 2. The molecule has 2 rings (SSSR count). The van der Waals surface area contributed by atoms with Crippen molar-refractivity contribution in [3.63, 3.8) is 0 Å². The van der Waals surface area contributed by atoms with Crippen LogP contribution in [0.5, 0.6) is 0 Å². The van der Waals surface area contributed by atoms with Crippen LogP contribution in [0.25, 0.3) is 0 Å². The van der Waals surface area contributed by atoms with Crippen molar-refractivity contribution < 1.29 is 4.79 Å². The second-order valence-electron chi connectivity index (χ2n) is 5.19. The number of amides is 2. The van der Waals surface area contributed by atoms with Crippen molar-refractivity contribution in [2.45, 2.75) is 27.3 Å². The molecule has 4 nitrogen and oxygen atoms in total. The van der Waals surface area contributed by atoms with Gasteiger partial charge in [0.1, 0.15) is 0 Å². The van der Waals surface area contributed by atoms with Crippen molar-refractivity contribution in [3.8, 4) is 0 Å². The summed E-state index contributed by atoms with van der Waals surface area (Å²) in [7, 11) is 0. The maximum absolute atomic E-state index is 12.0. The lowest BCUT2D eigenvalue weighted by Crippen LogP contribution is -2.50. The van der Waals surface area contributed by atoms with Crippen LogP contribution in [0.1, 0.15) is 22.3 Å². The number of piperazine rings is 1. The molecule has 0 radical (unpaired) electrons. The molecule has 2 amide bonds. The summed E-state index contributed by atoms with van der Waals surface area (Å²) in [6, 6.07) is 4.27. The third-order valence-electron chi connectivity index (χ3n) is 4.00. The molecule has 2 N–H and O–H groups in total. The van der Waals surface area contributed by atoms with E-state index in [1.165, 1.54) is 22.3 Å². The fourth-order valence-corrected chi connectivity index (χ4v) is 2.35. The van der Waals surface area contributed by atoms with Crippen LogP contribution in [0.15, 0.2) is 12.1 Å². The van der Waals surface area contributed by atoms with E-state index in [0.717, 1.165) is 26.2 Å². The lowest BCUT2D eigenvalue weighted by atomic mass is 9.99. The molecule has 1 aromatic carbocycles. The van der Waals surface area contributed by atoms with Gasteiger partial charge in [-0.1, -0.05) is 12.1 Å². The van der Waals surface area contributed by atoms with Crippen LogP contribution in [-0.4, -0.2) is 37.1 Å². The Morgan fingerprint density at radius 1 is 1.21 bits per heavy atom. The van der Waals surface area contributed by atoms with Gasteiger partial charge in [-0.3, -0.25) is 0 Å². The first-order valence-corrected chi connectivity index (χ1v) is 6.89. The number of nitrogens with zero attached hydrogens (tertiary/aromatic N) is 1. The van der Waals surface area contributed by atoms with E-state index in [4.69, 9.17) is 0 Å². The van der Waals surface area contributed by atoms with Gasteiger partial charge in [-0.25, -0.2) is 4.79 Å². The molecule has 0 saturated carbocycles. The molecule has 4 heteroatoms. The highest BCUT2D eigenvalue weighted by atomic mass is 16.2. The molecule has 0 atom stereocenters. The van der Waals surface area contributed by atoms with Gasteiger partial charge in [-0.15, -0.1) is 0 Å². The van der Waals surface area contributed by atoms with E-state index in [9.17, 15) is 4.79 Å². The Morgan fingerprint density at radius 3 is 2.58 bits per heavy atom. The van der Waals surface area contributed by atoms with Gasteiger partial charge in [0.25, 0.3) is 0 Å². The van der Waals surface area contributed by atoms with Crippen molar-refractivity contribution in [1.29, 1.82) is 0 Å². The van der Waals surface area contributed by atoms with E-state index in [-0.39, 0.29) is 6.03 Å². The maximum atomic E-state index is 12.0. The lowest BCUT2D eigenvalue weighted by molar-refractivity contribution is 0.189. The number of urea groups is 1. The lowest BCUT2D eigenvalue weighted by Gasteiger charge is -2.27. The minimum Gasteiger partial charge on any atom is -0.334 e.